The van der Waals surface area contributed by atoms with E-state index in [1.807, 2.05) is 11.2 Å². The van der Waals surface area contributed by atoms with Gasteiger partial charge in [-0.3, -0.25) is 9.80 Å². The summed E-state index contributed by atoms with van der Waals surface area (Å²) in [6.45, 7) is 0. The van der Waals surface area contributed by atoms with Gasteiger partial charge in [0.25, 0.3) is 0 Å². The van der Waals surface area contributed by atoms with E-state index in [-0.39, 0.29) is 23.5 Å². The molecule has 0 spiro atoms. The molecule has 0 aromatic heterocycles. The van der Waals surface area contributed by atoms with Gasteiger partial charge in [0.2, 0.25) is 16.1 Å². The lowest BCUT2D eigenvalue weighted by atomic mass is 9.82. The van der Waals surface area contributed by atoms with Crippen molar-refractivity contribution in [1.29, 1.82) is 5.26 Å². The summed E-state index contributed by atoms with van der Waals surface area (Å²) in [5.74, 6) is 0.0754. The van der Waals surface area contributed by atoms with Crippen LogP contribution in [0.1, 0.15) is 51.4 Å². The third-order valence-electron chi connectivity index (χ3n) is 6.35. The smallest absolute Gasteiger partial charge is 0.228 e. The quantitative estimate of drug-likeness (QED) is 0.519. The molecular formula is C18H28N5O3S+. The van der Waals surface area contributed by atoms with Crippen molar-refractivity contribution in [3.8, 4) is 6.07 Å². The highest BCUT2D eigenvalue weighted by Crippen LogP contribution is 2.41. The molecule has 9 heteroatoms. The maximum absolute atomic E-state index is 12.8. The first-order chi connectivity index (χ1) is 12.9. The molecule has 2 unspecified atom stereocenters. The molecule has 8 nitrogen and oxygen atoms in total. The molecule has 2 aliphatic heterocycles. The summed E-state index contributed by atoms with van der Waals surface area (Å²) in [7, 11) is -2.84. The number of nitrogens with zero attached hydrogens (tertiary/aromatic N) is 2. The Morgan fingerprint density at radius 2 is 2.11 bits per heavy atom. The van der Waals surface area contributed by atoms with Gasteiger partial charge < -0.3 is 10.7 Å². The Labute approximate surface area is 160 Å². The van der Waals surface area contributed by atoms with Gasteiger partial charge in [-0.1, -0.05) is 23.5 Å². The van der Waals surface area contributed by atoms with Gasteiger partial charge in [-0.15, -0.1) is 5.53 Å². The van der Waals surface area contributed by atoms with Gasteiger partial charge in [0.05, 0.1) is 23.7 Å². The largest absolute Gasteiger partial charge is 0.347 e. The fraction of sp³-hybridized carbons (Fsp3) is 0.778. The Hall–Kier alpha value is -1.63. The van der Waals surface area contributed by atoms with Crippen molar-refractivity contribution in [2.24, 2.45) is 11.8 Å². The Morgan fingerprint density at radius 1 is 1.37 bits per heavy atom. The zero-order chi connectivity index (χ0) is 19.1. The summed E-state index contributed by atoms with van der Waals surface area (Å²) in [6.07, 6.45) is 9.66. The van der Waals surface area contributed by atoms with E-state index in [0.29, 0.717) is 12.3 Å². The Bertz CT molecular complexity index is 723. The van der Waals surface area contributed by atoms with Crippen molar-refractivity contribution in [2.75, 3.05) is 11.5 Å². The van der Waals surface area contributed by atoms with Crippen LogP contribution in [0, 0.1) is 23.2 Å². The summed E-state index contributed by atoms with van der Waals surface area (Å²) >= 11 is 0. The standard InChI is InChI=1S/C18H27N5O3S/c19-12-18(7-8-18)23-10-15(21-22-23)16(13-4-2-1-3-5-13)20-17(24)14-6-9-27(25,26)11-14/h10,13-14,16,21-22H,1-9,11H2,(H-,20,24,25,26)/p+1/t14?,16-/m0/s1. The molecule has 0 aromatic rings. The predicted molar refractivity (Wildman–Crippen MR) is 101 cm³/mol. The number of hydrogen-bond acceptors (Lipinski definition) is 6. The van der Waals surface area contributed by atoms with Crippen molar-refractivity contribution in [1.82, 2.24) is 21.3 Å². The second-order valence-corrected chi connectivity index (χ2v) is 10.6. The predicted octanol–water partition coefficient (Wildman–Crippen LogP) is 1.27. The average Bonchev–Trinajstić information content (AvgIpc) is 3.15. The van der Waals surface area contributed by atoms with Gasteiger partial charge in [-0.25, -0.2) is 0 Å². The average molecular weight is 395 g/mol. The highest BCUT2D eigenvalue weighted by atomic mass is 32.3. The van der Waals surface area contributed by atoms with Gasteiger partial charge in [0.15, 0.2) is 5.75 Å². The van der Waals surface area contributed by atoms with Gasteiger partial charge in [0.1, 0.15) is 11.3 Å². The van der Waals surface area contributed by atoms with Gasteiger partial charge >= 0.3 is 0 Å². The van der Waals surface area contributed by atoms with Crippen LogP contribution in [0.4, 0.5) is 0 Å². The Balaban J connectivity index is 1.49. The van der Waals surface area contributed by atoms with E-state index in [1.54, 1.807) is 0 Å². The Morgan fingerprint density at radius 3 is 2.70 bits per heavy atom. The zero-order valence-corrected chi connectivity index (χ0v) is 16.3. The van der Waals surface area contributed by atoms with Crippen LogP contribution in [0.15, 0.2) is 11.9 Å². The number of nitriles is 1. The highest BCUT2D eigenvalue weighted by molar-refractivity contribution is 7.97. The van der Waals surface area contributed by atoms with E-state index >= 15 is 0 Å². The summed E-state index contributed by atoms with van der Waals surface area (Å²) in [5.41, 5.74) is 6.62. The molecule has 0 bridgehead atoms. The monoisotopic (exact) mass is 394 g/mol. The number of rotatable bonds is 5. The van der Waals surface area contributed by atoms with Crippen molar-refractivity contribution in [3.63, 3.8) is 0 Å². The van der Waals surface area contributed by atoms with Gasteiger partial charge in [-0.2, -0.15) is 9.81 Å². The molecule has 27 heavy (non-hydrogen) atoms. The molecule has 4 aliphatic rings. The van der Waals surface area contributed by atoms with E-state index in [9.17, 15) is 18.8 Å². The van der Waals surface area contributed by atoms with Crippen molar-refractivity contribution >= 4 is 16.1 Å². The zero-order valence-electron chi connectivity index (χ0n) is 15.4. The first-order valence-electron chi connectivity index (χ1n) is 9.89. The molecule has 0 radical (unpaired) electrons. The van der Waals surface area contributed by atoms with Gasteiger partial charge in [0, 0.05) is 12.6 Å². The first-order valence-corrected chi connectivity index (χ1v) is 11.7. The highest BCUT2D eigenvalue weighted by Gasteiger charge is 2.50. The van der Waals surface area contributed by atoms with E-state index in [0.717, 1.165) is 44.2 Å². The molecular weight excluding hydrogens is 366 g/mol. The van der Waals surface area contributed by atoms with Crippen LogP contribution in [0.25, 0.3) is 0 Å². The lowest BCUT2D eigenvalue weighted by Gasteiger charge is -2.32. The second kappa shape index (κ2) is 7.08. The van der Waals surface area contributed by atoms with Crippen molar-refractivity contribution < 1.29 is 13.6 Å². The second-order valence-electron chi connectivity index (χ2n) is 8.35. The molecule has 4 N–H and O–H groups in total. The SMILES string of the molecule is N#CC1(N2C=C([C@@H](NC(=O)C3CC[S+](=O)(O)C3)C3CCCCC3)NN2)CC1. The maximum Gasteiger partial charge on any atom is 0.228 e. The van der Waals surface area contributed by atoms with E-state index in [4.69, 9.17) is 0 Å². The van der Waals surface area contributed by atoms with Crippen LogP contribution in [0.3, 0.4) is 0 Å². The topological polar surface area (TPSA) is 117 Å². The minimum absolute atomic E-state index is 0.0601. The number of nitrogens with one attached hydrogen (secondary N) is 3. The van der Waals surface area contributed by atoms with E-state index in [2.05, 4.69) is 22.3 Å². The molecule has 3 fully saturated rings. The molecule has 4 rings (SSSR count). The van der Waals surface area contributed by atoms with Crippen molar-refractivity contribution in [3.05, 3.63) is 11.9 Å². The lowest BCUT2D eigenvalue weighted by molar-refractivity contribution is -0.125. The van der Waals surface area contributed by atoms with E-state index in [1.165, 1.54) is 6.42 Å². The number of hydrazine groups is 2. The van der Waals surface area contributed by atoms with Gasteiger partial charge in [-0.05, 0) is 31.6 Å². The van der Waals surface area contributed by atoms with Crippen LogP contribution in [-0.2, 0) is 19.2 Å². The molecule has 2 heterocycles. The van der Waals surface area contributed by atoms with Crippen LogP contribution < -0.4 is 16.3 Å². The van der Waals surface area contributed by atoms with Crippen molar-refractivity contribution in [2.45, 2.75) is 62.9 Å². The fourth-order valence-electron chi connectivity index (χ4n) is 4.44. The third-order valence-corrected chi connectivity index (χ3v) is 8.15. The minimum atomic E-state index is -2.84. The molecule has 2 saturated carbocycles. The first kappa shape index (κ1) is 18.7. The number of amides is 1. The number of carbonyl (C=O) groups excluding carboxylic acids is 1. The van der Waals surface area contributed by atoms with Crippen LogP contribution in [0.2, 0.25) is 0 Å². The molecule has 2 aliphatic carbocycles. The maximum atomic E-state index is 12.8. The summed E-state index contributed by atoms with van der Waals surface area (Å²) in [6, 6.07) is 2.19. The van der Waals surface area contributed by atoms with E-state index < -0.39 is 21.7 Å². The fourth-order valence-corrected chi connectivity index (χ4v) is 6.21. The molecule has 0 aromatic carbocycles. The number of hydrogen-bond donors (Lipinski definition) is 4. The Kier molecular flexibility index (Phi) is 4.91. The molecule has 3 atom stereocenters. The van der Waals surface area contributed by atoms with Crippen LogP contribution in [-0.4, -0.2) is 38.6 Å². The summed E-state index contributed by atoms with van der Waals surface area (Å²) < 4.78 is 21.6. The summed E-state index contributed by atoms with van der Waals surface area (Å²) in [5, 5.41) is 14.4. The molecule has 1 saturated heterocycles. The molecule has 148 valence electrons. The number of carbonyl (C=O) groups is 1. The third kappa shape index (κ3) is 3.84. The lowest BCUT2D eigenvalue weighted by Crippen LogP contribution is -2.49. The van der Waals surface area contributed by atoms with Crippen LogP contribution in [0.5, 0.6) is 0 Å². The van der Waals surface area contributed by atoms with Crippen LogP contribution >= 0.6 is 0 Å². The summed E-state index contributed by atoms with van der Waals surface area (Å²) in [4.78, 5) is 12.8. The normalized spacial score (nSPS) is 33.7. The minimum Gasteiger partial charge on any atom is -0.347 e. The molecule has 1 amide bonds.